The maximum absolute atomic E-state index is 4.68. The van der Waals surface area contributed by atoms with E-state index in [0.29, 0.717) is 12.1 Å². The summed E-state index contributed by atoms with van der Waals surface area (Å²) in [5.74, 6) is 0.720. The molecule has 0 saturated heterocycles. The second kappa shape index (κ2) is 9.04. The fraction of sp³-hybridized carbons (Fsp3) is 0.722. The van der Waals surface area contributed by atoms with E-state index in [1.165, 1.54) is 12.1 Å². The molecule has 0 spiro atoms. The number of rotatable bonds is 9. The van der Waals surface area contributed by atoms with Crippen molar-refractivity contribution >= 4 is 5.69 Å². The molecule has 1 rings (SSSR count). The Hall–Kier alpha value is -1.09. The summed E-state index contributed by atoms with van der Waals surface area (Å²) in [6.07, 6.45) is 5.45. The molecule has 1 aromatic rings. The number of aromatic nitrogens is 1. The molecule has 0 amide bonds. The Morgan fingerprint density at radius 2 is 1.90 bits per heavy atom. The van der Waals surface area contributed by atoms with Crippen molar-refractivity contribution in [2.24, 2.45) is 5.92 Å². The standard InChI is InChI=1S/C18H33N3/c1-7-11-19-17(8-2)18-10-9-16(13-20-18)21(6)15(5)12-14(3)4/h9-10,13-15,17,19H,7-8,11-12H2,1-6H3. The molecule has 3 heteroatoms. The third-order valence-corrected chi connectivity index (χ3v) is 4.06. The minimum Gasteiger partial charge on any atom is -0.371 e. The molecule has 0 saturated carbocycles. The highest BCUT2D eigenvalue weighted by Gasteiger charge is 2.14. The van der Waals surface area contributed by atoms with E-state index in [1.54, 1.807) is 0 Å². The summed E-state index contributed by atoms with van der Waals surface area (Å²) in [7, 11) is 2.16. The van der Waals surface area contributed by atoms with E-state index in [2.05, 4.69) is 69.0 Å². The molecule has 3 nitrogen and oxygen atoms in total. The third-order valence-electron chi connectivity index (χ3n) is 4.06. The van der Waals surface area contributed by atoms with Crippen LogP contribution in [0.15, 0.2) is 18.3 Å². The van der Waals surface area contributed by atoms with Gasteiger partial charge in [0.25, 0.3) is 0 Å². The van der Waals surface area contributed by atoms with Crippen LogP contribution in [0.5, 0.6) is 0 Å². The maximum Gasteiger partial charge on any atom is 0.0574 e. The first-order valence-electron chi connectivity index (χ1n) is 8.41. The van der Waals surface area contributed by atoms with E-state index in [0.717, 1.165) is 31.0 Å². The topological polar surface area (TPSA) is 28.2 Å². The second-order valence-electron chi connectivity index (χ2n) is 6.45. The summed E-state index contributed by atoms with van der Waals surface area (Å²) >= 11 is 0. The number of pyridine rings is 1. The normalized spacial score (nSPS) is 14.2. The van der Waals surface area contributed by atoms with Crippen molar-refractivity contribution in [3.63, 3.8) is 0 Å². The van der Waals surface area contributed by atoms with Gasteiger partial charge in [-0.3, -0.25) is 4.98 Å². The molecule has 2 unspecified atom stereocenters. The van der Waals surface area contributed by atoms with Crippen molar-refractivity contribution < 1.29 is 0 Å². The van der Waals surface area contributed by atoms with Crippen LogP contribution in [0.25, 0.3) is 0 Å². The Kier molecular flexibility index (Phi) is 7.73. The average molecular weight is 291 g/mol. The van der Waals surface area contributed by atoms with E-state index >= 15 is 0 Å². The molecule has 1 N–H and O–H groups in total. The quantitative estimate of drug-likeness (QED) is 0.731. The molecule has 21 heavy (non-hydrogen) atoms. The Balaban J connectivity index is 2.72. The molecule has 0 aromatic carbocycles. The van der Waals surface area contributed by atoms with Crippen LogP contribution in [0.2, 0.25) is 0 Å². The Morgan fingerprint density at radius 3 is 2.38 bits per heavy atom. The number of nitrogens with one attached hydrogen (secondary N) is 1. The van der Waals surface area contributed by atoms with Gasteiger partial charge in [-0.15, -0.1) is 0 Å². The van der Waals surface area contributed by atoms with Crippen LogP contribution < -0.4 is 10.2 Å². The van der Waals surface area contributed by atoms with E-state index < -0.39 is 0 Å². The highest BCUT2D eigenvalue weighted by Crippen LogP contribution is 2.21. The van der Waals surface area contributed by atoms with Gasteiger partial charge in [-0.1, -0.05) is 27.7 Å². The number of nitrogens with zero attached hydrogens (tertiary/aromatic N) is 2. The third kappa shape index (κ3) is 5.66. The van der Waals surface area contributed by atoms with Gasteiger partial charge < -0.3 is 10.2 Å². The van der Waals surface area contributed by atoms with Crippen molar-refractivity contribution in [1.82, 2.24) is 10.3 Å². The Labute approximate surface area is 131 Å². The average Bonchev–Trinajstić information content (AvgIpc) is 2.47. The number of anilines is 1. The van der Waals surface area contributed by atoms with Gasteiger partial charge in [0.05, 0.1) is 17.6 Å². The van der Waals surface area contributed by atoms with Crippen molar-refractivity contribution in [3.8, 4) is 0 Å². The molecule has 1 heterocycles. The fourth-order valence-corrected chi connectivity index (χ4v) is 2.68. The smallest absolute Gasteiger partial charge is 0.0574 e. The van der Waals surface area contributed by atoms with Crippen LogP contribution in [0.1, 0.15) is 65.6 Å². The molecule has 0 radical (unpaired) electrons. The van der Waals surface area contributed by atoms with Gasteiger partial charge >= 0.3 is 0 Å². The Morgan fingerprint density at radius 1 is 1.19 bits per heavy atom. The summed E-state index contributed by atoms with van der Waals surface area (Å²) in [6, 6.07) is 5.29. The lowest BCUT2D eigenvalue weighted by Gasteiger charge is -2.28. The van der Waals surface area contributed by atoms with Crippen molar-refractivity contribution in [2.45, 2.75) is 66.0 Å². The largest absolute Gasteiger partial charge is 0.371 e. The van der Waals surface area contributed by atoms with Crippen LogP contribution in [-0.2, 0) is 0 Å². The zero-order valence-corrected chi connectivity index (χ0v) is 14.7. The first kappa shape index (κ1) is 18.0. The molecule has 1 aromatic heterocycles. The molecular formula is C18H33N3. The first-order valence-corrected chi connectivity index (χ1v) is 8.41. The SMILES string of the molecule is CCCNC(CC)c1ccc(N(C)C(C)CC(C)C)cn1. The van der Waals surface area contributed by atoms with E-state index in [9.17, 15) is 0 Å². The van der Waals surface area contributed by atoms with Crippen LogP contribution >= 0.6 is 0 Å². The molecule has 0 aliphatic carbocycles. The summed E-state index contributed by atoms with van der Waals surface area (Å²) < 4.78 is 0. The number of hydrogen-bond acceptors (Lipinski definition) is 3. The van der Waals surface area contributed by atoms with Crippen molar-refractivity contribution in [1.29, 1.82) is 0 Å². The zero-order chi connectivity index (χ0) is 15.8. The van der Waals surface area contributed by atoms with Crippen LogP contribution in [0.3, 0.4) is 0 Å². The maximum atomic E-state index is 4.68. The fourth-order valence-electron chi connectivity index (χ4n) is 2.68. The van der Waals surface area contributed by atoms with Crippen LogP contribution in [-0.4, -0.2) is 24.6 Å². The minimum atomic E-state index is 0.373. The number of hydrogen-bond donors (Lipinski definition) is 1. The van der Waals surface area contributed by atoms with E-state index in [4.69, 9.17) is 0 Å². The molecule has 0 aliphatic heterocycles. The lowest BCUT2D eigenvalue weighted by Crippen LogP contribution is -2.30. The predicted octanol–water partition coefficient (Wildman–Crippen LogP) is 4.40. The van der Waals surface area contributed by atoms with Crippen LogP contribution in [0.4, 0.5) is 5.69 Å². The van der Waals surface area contributed by atoms with Gasteiger partial charge in [0.15, 0.2) is 0 Å². The van der Waals surface area contributed by atoms with Crippen LogP contribution in [0, 0.1) is 5.92 Å². The Bertz CT molecular complexity index is 386. The lowest BCUT2D eigenvalue weighted by molar-refractivity contribution is 0.501. The van der Waals surface area contributed by atoms with Crippen molar-refractivity contribution in [3.05, 3.63) is 24.0 Å². The predicted molar refractivity (Wildman–Crippen MR) is 92.9 cm³/mol. The molecule has 0 bridgehead atoms. The molecular weight excluding hydrogens is 258 g/mol. The molecule has 120 valence electrons. The summed E-state index contributed by atoms with van der Waals surface area (Å²) in [6.45, 7) is 12.3. The zero-order valence-electron chi connectivity index (χ0n) is 14.7. The van der Waals surface area contributed by atoms with Gasteiger partial charge in [0.2, 0.25) is 0 Å². The van der Waals surface area contributed by atoms with Gasteiger partial charge in [-0.05, 0) is 50.8 Å². The van der Waals surface area contributed by atoms with Gasteiger partial charge in [-0.2, -0.15) is 0 Å². The van der Waals surface area contributed by atoms with Gasteiger partial charge in [-0.25, -0.2) is 0 Å². The monoisotopic (exact) mass is 291 g/mol. The van der Waals surface area contributed by atoms with Gasteiger partial charge in [0, 0.05) is 19.1 Å². The molecule has 2 atom stereocenters. The van der Waals surface area contributed by atoms with E-state index in [1.807, 2.05) is 6.20 Å². The second-order valence-corrected chi connectivity index (χ2v) is 6.45. The van der Waals surface area contributed by atoms with E-state index in [-0.39, 0.29) is 0 Å². The van der Waals surface area contributed by atoms with Crippen molar-refractivity contribution in [2.75, 3.05) is 18.5 Å². The van der Waals surface area contributed by atoms with Gasteiger partial charge in [0.1, 0.15) is 0 Å². The highest BCUT2D eigenvalue weighted by atomic mass is 15.1. The highest BCUT2D eigenvalue weighted by molar-refractivity contribution is 5.44. The minimum absolute atomic E-state index is 0.373. The first-order chi connectivity index (χ1) is 9.99. The molecule has 0 aliphatic rings. The summed E-state index contributed by atoms with van der Waals surface area (Å²) in [5.41, 5.74) is 2.36. The molecule has 0 fully saturated rings. The summed E-state index contributed by atoms with van der Waals surface area (Å²) in [5, 5.41) is 3.56. The summed E-state index contributed by atoms with van der Waals surface area (Å²) in [4.78, 5) is 7.01. The lowest BCUT2D eigenvalue weighted by atomic mass is 10.0.